The SMILES string of the molecule is S=C1Nc2ccccc2/C1=C\c1cccc2ccccc12. The molecule has 0 spiro atoms. The Kier molecular flexibility index (Phi) is 2.83. The van der Waals surface area contributed by atoms with Crippen LogP contribution in [0.5, 0.6) is 0 Å². The Hall–Kier alpha value is -2.45. The number of rotatable bonds is 1. The monoisotopic (exact) mass is 287 g/mol. The van der Waals surface area contributed by atoms with Crippen molar-refractivity contribution in [2.75, 3.05) is 5.32 Å². The molecule has 0 amide bonds. The molecule has 100 valence electrons. The summed E-state index contributed by atoms with van der Waals surface area (Å²) >= 11 is 5.49. The fraction of sp³-hybridized carbons (Fsp3) is 0. The number of anilines is 1. The third kappa shape index (κ3) is 2.05. The van der Waals surface area contributed by atoms with Crippen LogP contribution < -0.4 is 5.32 Å². The fourth-order valence-electron chi connectivity index (χ4n) is 2.81. The van der Waals surface area contributed by atoms with Gasteiger partial charge in [0.2, 0.25) is 0 Å². The molecule has 0 aromatic heterocycles. The Morgan fingerprint density at radius 2 is 1.57 bits per heavy atom. The first-order valence-electron chi connectivity index (χ1n) is 6.93. The van der Waals surface area contributed by atoms with Gasteiger partial charge in [-0.05, 0) is 28.5 Å². The van der Waals surface area contributed by atoms with Crippen molar-refractivity contribution in [2.45, 2.75) is 0 Å². The lowest BCUT2D eigenvalue weighted by atomic mass is 10.00. The smallest absolute Gasteiger partial charge is 0.111 e. The van der Waals surface area contributed by atoms with E-state index in [0.29, 0.717) is 0 Å². The molecule has 1 nitrogen and oxygen atoms in total. The van der Waals surface area contributed by atoms with Gasteiger partial charge in [-0.2, -0.15) is 0 Å². The Labute approximate surface area is 128 Å². The molecule has 1 N–H and O–H groups in total. The van der Waals surface area contributed by atoms with Gasteiger partial charge in [0.1, 0.15) is 4.99 Å². The van der Waals surface area contributed by atoms with Gasteiger partial charge in [0.25, 0.3) is 0 Å². The van der Waals surface area contributed by atoms with Crippen LogP contribution >= 0.6 is 12.2 Å². The van der Waals surface area contributed by atoms with Crippen molar-refractivity contribution in [3.8, 4) is 0 Å². The summed E-state index contributed by atoms with van der Waals surface area (Å²) in [4.78, 5) is 0.795. The van der Waals surface area contributed by atoms with Gasteiger partial charge >= 0.3 is 0 Å². The first-order valence-corrected chi connectivity index (χ1v) is 7.34. The molecule has 0 aliphatic carbocycles. The van der Waals surface area contributed by atoms with Gasteiger partial charge in [-0.3, -0.25) is 0 Å². The molecule has 21 heavy (non-hydrogen) atoms. The second kappa shape index (κ2) is 4.83. The van der Waals surface area contributed by atoms with E-state index in [2.05, 4.69) is 66.0 Å². The van der Waals surface area contributed by atoms with Crippen molar-refractivity contribution < 1.29 is 0 Å². The number of nitrogens with one attached hydrogen (secondary N) is 1. The lowest BCUT2D eigenvalue weighted by Gasteiger charge is -2.04. The molecule has 0 bridgehead atoms. The number of fused-ring (bicyclic) bond motifs is 2. The van der Waals surface area contributed by atoms with E-state index in [9.17, 15) is 0 Å². The zero-order valence-corrected chi connectivity index (χ0v) is 12.2. The van der Waals surface area contributed by atoms with Crippen molar-refractivity contribution in [1.29, 1.82) is 0 Å². The third-order valence-corrected chi connectivity index (χ3v) is 4.16. The van der Waals surface area contributed by atoms with Crippen LogP contribution in [0.15, 0.2) is 66.7 Å². The lowest BCUT2D eigenvalue weighted by molar-refractivity contribution is 1.65. The predicted octanol–water partition coefficient (Wildman–Crippen LogP) is 5.13. The minimum atomic E-state index is 0.795. The minimum Gasteiger partial charge on any atom is -0.346 e. The molecule has 0 saturated carbocycles. The Balaban J connectivity index is 1.93. The topological polar surface area (TPSA) is 12.0 Å². The van der Waals surface area contributed by atoms with Crippen molar-refractivity contribution in [2.24, 2.45) is 0 Å². The van der Waals surface area contributed by atoms with Crippen LogP contribution in [-0.2, 0) is 0 Å². The van der Waals surface area contributed by atoms with Crippen LogP contribution in [-0.4, -0.2) is 4.99 Å². The van der Waals surface area contributed by atoms with Crippen LogP contribution in [0.1, 0.15) is 11.1 Å². The highest BCUT2D eigenvalue weighted by molar-refractivity contribution is 7.81. The minimum absolute atomic E-state index is 0.795. The summed E-state index contributed by atoms with van der Waals surface area (Å²) in [5, 5.41) is 5.78. The zero-order chi connectivity index (χ0) is 14.2. The van der Waals surface area contributed by atoms with Gasteiger partial charge in [0, 0.05) is 16.8 Å². The molecule has 1 aliphatic heterocycles. The Morgan fingerprint density at radius 1 is 0.810 bits per heavy atom. The van der Waals surface area contributed by atoms with Crippen molar-refractivity contribution in [3.63, 3.8) is 0 Å². The van der Waals surface area contributed by atoms with E-state index in [-0.39, 0.29) is 0 Å². The first kappa shape index (κ1) is 12.3. The second-order valence-corrected chi connectivity index (χ2v) is 5.53. The van der Waals surface area contributed by atoms with Gasteiger partial charge in [-0.25, -0.2) is 0 Å². The number of para-hydroxylation sites is 1. The summed E-state index contributed by atoms with van der Waals surface area (Å²) in [5.41, 5.74) is 4.56. The highest BCUT2D eigenvalue weighted by Gasteiger charge is 2.20. The summed E-state index contributed by atoms with van der Waals surface area (Å²) in [6.07, 6.45) is 2.18. The van der Waals surface area contributed by atoms with Crippen LogP contribution in [0.3, 0.4) is 0 Å². The molecule has 1 heterocycles. The summed E-state index contributed by atoms with van der Waals surface area (Å²) in [7, 11) is 0. The van der Waals surface area contributed by atoms with Crippen molar-refractivity contribution in [3.05, 3.63) is 77.9 Å². The van der Waals surface area contributed by atoms with Gasteiger partial charge < -0.3 is 5.32 Å². The number of hydrogen-bond donors (Lipinski definition) is 1. The molecular formula is C19H13NS. The van der Waals surface area contributed by atoms with Gasteiger partial charge in [-0.15, -0.1) is 0 Å². The maximum Gasteiger partial charge on any atom is 0.111 e. The van der Waals surface area contributed by atoms with Crippen LogP contribution in [0, 0.1) is 0 Å². The quantitative estimate of drug-likeness (QED) is 0.491. The van der Waals surface area contributed by atoms with Gasteiger partial charge in [0.05, 0.1) is 0 Å². The molecule has 0 unspecified atom stereocenters. The molecule has 0 fully saturated rings. The van der Waals surface area contributed by atoms with E-state index in [1.54, 1.807) is 0 Å². The highest BCUT2D eigenvalue weighted by Crippen LogP contribution is 2.34. The van der Waals surface area contributed by atoms with E-state index >= 15 is 0 Å². The number of hydrogen-bond acceptors (Lipinski definition) is 1. The molecule has 0 saturated heterocycles. The maximum atomic E-state index is 5.49. The predicted molar refractivity (Wildman–Crippen MR) is 94.5 cm³/mol. The van der Waals surface area contributed by atoms with E-state index in [4.69, 9.17) is 12.2 Å². The van der Waals surface area contributed by atoms with Gasteiger partial charge in [-0.1, -0.05) is 72.9 Å². The molecule has 1 aliphatic rings. The maximum absolute atomic E-state index is 5.49. The molecule has 4 rings (SSSR count). The second-order valence-electron chi connectivity index (χ2n) is 5.13. The molecule has 3 aromatic rings. The Morgan fingerprint density at radius 3 is 2.52 bits per heavy atom. The van der Waals surface area contributed by atoms with Crippen LogP contribution in [0.25, 0.3) is 22.4 Å². The molecule has 0 radical (unpaired) electrons. The first-order chi connectivity index (χ1) is 10.3. The van der Waals surface area contributed by atoms with Crippen molar-refractivity contribution >= 4 is 45.3 Å². The lowest BCUT2D eigenvalue weighted by Crippen LogP contribution is -2.00. The molecule has 3 aromatic carbocycles. The summed E-state index contributed by atoms with van der Waals surface area (Å²) < 4.78 is 0. The molecular weight excluding hydrogens is 274 g/mol. The van der Waals surface area contributed by atoms with Gasteiger partial charge in [0.15, 0.2) is 0 Å². The fourth-order valence-corrected chi connectivity index (χ4v) is 3.09. The normalized spacial score (nSPS) is 15.2. The largest absolute Gasteiger partial charge is 0.346 e. The number of benzene rings is 3. The standard InChI is InChI=1S/C19H13NS/c21-19-17(16-10-3-4-11-18(16)20-19)12-14-8-5-7-13-6-1-2-9-15(13)14/h1-12H,(H,20,21)/b17-12+. The van der Waals surface area contributed by atoms with E-state index in [1.807, 2.05) is 12.1 Å². The molecule has 2 heteroatoms. The van der Waals surface area contributed by atoms with Crippen LogP contribution in [0.4, 0.5) is 5.69 Å². The average Bonchev–Trinajstić information content (AvgIpc) is 2.84. The third-order valence-electron chi connectivity index (χ3n) is 3.83. The highest BCUT2D eigenvalue weighted by atomic mass is 32.1. The zero-order valence-electron chi connectivity index (χ0n) is 11.3. The summed E-state index contributed by atoms with van der Waals surface area (Å²) in [5.74, 6) is 0. The van der Waals surface area contributed by atoms with E-state index in [1.165, 1.54) is 21.9 Å². The molecule has 0 atom stereocenters. The number of thiocarbonyl (C=S) groups is 1. The van der Waals surface area contributed by atoms with Crippen molar-refractivity contribution in [1.82, 2.24) is 0 Å². The summed E-state index contributed by atoms with van der Waals surface area (Å²) in [6.45, 7) is 0. The van der Waals surface area contributed by atoms with Crippen LogP contribution in [0.2, 0.25) is 0 Å². The average molecular weight is 287 g/mol. The Bertz CT molecular complexity index is 887. The van der Waals surface area contributed by atoms with E-state index in [0.717, 1.165) is 16.2 Å². The van der Waals surface area contributed by atoms with E-state index < -0.39 is 0 Å². The summed E-state index contributed by atoms with van der Waals surface area (Å²) in [6, 6.07) is 23.0.